The second-order valence-corrected chi connectivity index (χ2v) is 11.1. The van der Waals surface area contributed by atoms with E-state index in [9.17, 15) is 9.59 Å². The Balaban J connectivity index is 1.45. The van der Waals surface area contributed by atoms with Crippen molar-refractivity contribution in [3.05, 3.63) is 30.0 Å². The highest BCUT2D eigenvalue weighted by Gasteiger charge is 2.48. The van der Waals surface area contributed by atoms with Gasteiger partial charge >= 0.3 is 0 Å². The fraction of sp³-hybridized carbons (Fsp3) is 0.643. The van der Waals surface area contributed by atoms with Crippen LogP contribution >= 0.6 is 0 Å². The maximum absolute atomic E-state index is 14.0. The molecular formula is C28H41N5O3. The normalized spacial score (nSPS) is 24.5. The first kappa shape index (κ1) is 25.1. The number of aromatic nitrogens is 1. The van der Waals surface area contributed by atoms with Gasteiger partial charge in [-0.15, -0.1) is 0 Å². The summed E-state index contributed by atoms with van der Waals surface area (Å²) in [4.78, 5) is 34.6. The zero-order valence-electron chi connectivity index (χ0n) is 22.1. The van der Waals surface area contributed by atoms with Crippen molar-refractivity contribution in [1.82, 2.24) is 24.6 Å². The van der Waals surface area contributed by atoms with Gasteiger partial charge < -0.3 is 24.4 Å². The van der Waals surface area contributed by atoms with Crippen molar-refractivity contribution in [3.8, 4) is 5.75 Å². The Morgan fingerprint density at radius 3 is 2.47 bits per heavy atom. The van der Waals surface area contributed by atoms with E-state index in [4.69, 9.17) is 4.74 Å². The summed E-state index contributed by atoms with van der Waals surface area (Å²) in [5, 5.41) is 4.36. The first-order valence-electron chi connectivity index (χ1n) is 13.6. The Hall–Kier alpha value is -2.58. The van der Waals surface area contributed by atoms with Gasteiger partial charge in [0, 0.05) is 56.8 Å². The zero-order valence-corrected chi connectivity index (χ0v) is 22.1. The Labute approximate surface area is 214 Å². The summed E-state index contributed by atoms with van der Waals surface area (Å²) in [6.45, 7) is 7.75. The van der Waals surface area contributed by atoms with Gasteiger partial charge in [-0.3, -0.25) is 14.5 Å². The molecule has 1 saturated heterocycles. The first-order valence-corrected chi connectivity index (χ1v) is 13.6. The number of nitrogens with zero attached hydrogens (tertiary/aromatic N) is 4. The van der Waals surface area contributed by atoms with Crippen molar-refractivity contribution in [2.24, 2.45) is 0 Å². The second kappa shape index (κ2) is 10.4. The number of amides is 2. The molecule has 0 unspecified atom stereocenters. The third kappa shape index (κ3) is 4.85. The van der Waals surface area contributed by atoms with Crippen molar-refractivity contribution < 1.29 is 14.3 Å². The van der Waals surface area contributed by atoms with E-state index in [0.29, 0.717) is 18.8 Å². The number of likely N-dealkylation sites (N-methyl/N-ethyl adjacent to an activating group) is 1. The second-order valence-electron chi connectivity index (χ2n) is 11.1. The average molecular weight is 496 g/mol. The third-order valence-corrected chi connectivity index (χ3v) is 8.55. The molecule has 0 bridgehead atoms. The lowest BCUT2D eigenvalue weighted by atomic mass is 9.93. The number of hydrogen-bond acceptors (Lipinski definition) is 5. The number of hydrogen-bond donors (Lipinski definition) is 1. The van der Waals surface area contributed by atoms with Crippen LogP contribution in [0.2, 0.25) is 0 Å². The van der Waals surface area contributed by atoms with Gasteiger partial charge in [0.05, 0.1) is 19.2 Å². The van der Waals surface area contributed by atoms with Gasteiger partial charge in [-0.1, -0.05) is 25.7 Å². The van der Waals surface area contributed by atoms with E-state index in [1.54, 1.807) is 7.11 Å². The fourth-order valence-electron chi connectivity index (χ4n) is 6.08. The summed E-state index contributed by atoms with van der Waals surface area (Å²) < 4.78 is 7.49. The van der Waals surface area contributed by atoms with E-state index < -0.39 is 5.54 Å². The van der Waals surface area contributed by atoms with E-state index in [-0.39, 0.29) is 17.9 Å². The molecule has 1 aromatic carbocycles. The van der Waals surface area contributed by atoms with Crippen LogP contribution in [0.15, 0.2) is 24.3 Å². The minimum Gasteiger partial charge on any atom is -0.497 e. The van der Waals surface area contributed by atoms with E-state index in [1.807, 2.05) is 40.7 Å². The average Bonchev–Trinajstić information content (AvgIpc) is 3.04. The van der Waals surface area contributed by atoms with Crippen molar-refractivity contribution in [1.29, 1.82) is 0 Å². The third-order valence-electron chi connectivity index (χ3n) is 8.55. The van der Waals surface area contributed by atoms with Gasteiger partial charge in [0.15, 0.2) is 0 Å². The molecule has 5 rings (SSSR count). The summed E-state index contributed by atoms with van der Waals surface area (Å²) >= 11 is 0. The van der Waals surface area contributed by atoms with Crippen molar-refractivity contribution >= 4 is 22.7 Å². The molecule has 0 radical (unpaired) electrons. The number of carbonyl (C=O) groups excluding carboxylic acids is 2. The Bertz CT molecular complexity index is 1100. The lowest BCUT2D eigenvalue weighted by Crippen LogP contribution is -2.66. The summed E-state index contributed by atoms with van der Waals surface area (Å²) in [5.41, 5.74) is 0.624. The number of carbonyl (C=O) groups is 2. The zero-order chi connectivity index (χ0) is 25.3. The molecular weight excluding hydrogens is 454 g/mol. The quantitative estimate of drug-likeness (QED) is 0.624. The molecule has 2 amide bonds. The van der Waals surface area contributed by atoms with Crippen LogP contribution in [-0.2, 0) is 11.3 Å². The van der Waals surface area contributed by atoms with Gasteiger partial charge in [-0.2, -0.15) is 0 Å². The molecule has 8 heteroatoms. The molecule has 1 saturated carbocycles. The molecule has 2 aromatic rings. The van der Waals surface area contributed by atoms with Crippen LogP contribution in [0.5, 0.6) is 5.75 Å². The van der Waals surface area contributed by atoms with Crippen LogP contribution < -0.4 is 10.1 Å². The number of methoxy groups -OCH3 is 1. The first-order chi connectivity index (χ1) is 17.4. The predicted molar refractivity (Wildman–Crippen MR) is 142 cm³/mol. The molecule has 1 N–H and O–H groups in total. The van der Waals surface area contributed by atoms with Crippen LogP contribution in [0.4, 0.5) is 0 Å². The van der Waals surface area contributed by atoms with Gasteiger partial charge in [-0.05, 0) is 45.0 Å². The number of rotatable bonds is 6. The molecule has 1 aliphatic carbocycles. The molecule has 3 heterocycles. The van der Waals surface area contributed by atoms with E-state index in [0.717, 1.165) is 75.1 Å². The maximum Gasteiger partial charge on any atom is 0.271 e. The highest BCUT2D eigenvalue weighted by molar-refractivity contribution is 6.03. The molecule has 3 aliphatic rings. The largest absolute Gasteiger partial charge is 0.497 e. The number of ether oxygens (including phenoxy) is 1. The van der Waals surface area contributed by atoms with E-state index in [1.165, 1.54) is 12.8 Å². The summed E-state index contributed by atoms with van der Waals surface area (Å²) in [6, 6.07) is 8.03. The van der Waals surface area contributed by atoms with Crippen molar-refractivity contribution in [2.75, 3.05) is 53.4 Å². The topological polar surface area (TPSA) is 70.1 Å². The molecule has 196 valence electrons. The Kier molecular flexibility index (Phi) is 7.26. The van der Waals surface area contributed by atoms with Gasteiger partial charge in [0.1, 0.15) is 17.0 Å². The van der Waals surface area contributed by atoms with Gasteiger partial charge in [0.25, 0.3) is 5.91 Å². The lowest BCUT2D eigenvalue weighted by Gasteiger charge is -2.45. The Morgan fingerprint density at radius 2 is 1.78 bits per heavy atom. The maximum atomic E-state index is 14.0. The summed E-state index contributed by atoms with van der Waals surface area (Å²) in [7, 11) is 3.80. The standard InChI is InChI=1S/C28H41N5O3/c1-28(27(35)29-22-8-6-4-5-7-9-22)20-32-24-19-23(36-3)11-10-21(24)18-25(32)26(34)33(28)17-16-31-14-12-30(2)13-15-31/h10-11,18-19,22H,4-9,12-17,20H2,1-3H3,(H,29,35)/t28-/m1/s1. The molecule has 1 atom stereocenters. The van der Waals surface area contributed by atoms with Crippen LogP contribution in [0, 0.1) is 0 Å². The van der Waals surface area contributed by atoms with E-state index >= 15 is 0 Å². The number of piperazine rings is 1. The van der Waals surface area contributed by atoms with Gasteiger partial charge in [0.2, 0.25) is 5.91 Å². The predicted octanol–water partition coefficient (Wildman–Crippen LogP) is 2.95. The molecule has 8 nitrogen and oxygen atoms in total. The highest BCUT2D eigenvalue weighted by Crippen LogP contribution is 2.34. The molecule has 0 spiro atoms. The SMILES string of the molecule is COc1ccc2cc3n(c2c1)C[C@](C)(C(=O)NC1CCCCCC1)N(CCN1CCN(C)CC1)C3=O. The lowest BCUT2D eigenvalue weighted by molar-refractivity contribution is -0.133. The van der Waals surface area contributed by atoms with Crippen LogP contribution in [0.25, 0.3) is 10.9 Å². The number of nitrogens with one attached hydrogen (secondary N) is 1. The highest BCUT2D eigenvalue weighted by atomic mass is 16.5. The fourth-order valence-corrected chi connectivity index (χ4v) is 6.08. The minimum atomic E-state index is -0.960. The summed E-state index contributed by atoms with van der Waals surface area (Å²) in [6.07, 6.45) is 6.82. The van der Waals surface area contributed by atoms with Crippen molar-refractivity contribution in [3.63, 3.8) is 0 Å². The van der Waals surface area contributed by atoms with Gasteiger partial charge in [-0.25, -0.2) is 0 Å². The number of fused-ring (bicyclic) bond motifs is 3. The molecule has 2 fully saturated rings. The van der Waals surface area contributed by atoms with Crippen LogP contribution in [0.1, 0.15) is 55.9 Å². The molecule has 36 heavy (non-hydrogen) atoms. The Morgan fingerprint density at radius 1 is 1.06 bits per heavy atom. The molecule has 1 aromatic heterocycles. The van der Waals surface area contributed by atoms with Crippen LogP contribution in [-0.4, -0.2) is 96.1 Å². The van der Waals surface area contributed by atoms with Crippen molar-refractivity contribution in [2.45, 2.75) is 63.6 Å². The number of benzene rings is 1. The van der Waals surface area contributed by atoms with Crippen LogP contribution in [0.3, 0.4) is 0 Å². The van der Waals surface area contributed by atoms with E-state index in [2.05, 4.69) is 22.2 Å². The molecule has 2 aliphatic heterocycles. The summed E-state index contributed by atoms with van der Waals surface area (Å²) in [5.74, 6) is 0.651. The minimum absolute atomic E-state index is 0.0310. The monoisotopic (exact) mass is 495 g/mol. The smallest absolute Gasteiger partial charge is 0.271 e.